The second-order valence-corrected chi connectivity index (χ2v) is 7.06. The lowest BCUT2D eigenvalue weighted by atomic mass is 10.1. The number of carbonyl (C=O) groups excluding carboxylic acids is 2. The van der Waals surface area contributed by atoms with E-state index in [2.05, 4.69) is 10.1 Å². The smallest absolute Gasteiger partial charge is 0.339 e. The highest BCUT2D eigenvalue weighted by atomic mass is 16.6. The van der Waals surface area contributed by atoms with Crippen molar-refractivity contribution < 1.29 is 28.3 Å². The quantitative estimate of drug-likeness (QED) is 0.590. The largest absolute Gasteiger partial charge is 0.486 e. The molecule has 0 bridgehead atoms. The third kappa shape index (κ3) is 3.91. The third-order valence-electron chi connectivity index (χ3n) is 4.74. The van der Waals surface area contributed by atoms with E-state index >= 15 is 0 Å². The molecule has 0 N–H and O–H groups in total. The predicted octanol–water partition coefficient (Wildman–Crippen LogP) is 2.43. The summed E-state index contributed by atoms with van der Waals surface area (Å²) in [5, 5.41) is 4.33. The normalized spacial score (nSPS) is 12.6. The Bertz CT molecular complexity index is 1120. The van der Waals surface area contributed by atoms with Gasteiger partial charge in [-0.2, -0.15) is 0 Å². The number of aromatic nitrogens is 2. The van der Waals surface area contributed by atoms with E-state index in [9.17, 15) is 9.59 Å². The van der Waals surface area contributed by atoms with Gasteiger partial charge >= 0.3 is 5.97 Å². The number of carbonyl (C=O) groups is 2. The summed E-state index contributed by atoms with van der Waals surface area (Å²) in [4.78, 5) is 30.7. The van der Waals surface area contributed by atoms with Crippen molar-refractivity contribution in [3.05, 3.63) is 46.8 Å². The number of esters is 1. The second-order valence-electron chi connectivity index (χ2n) is 7.06. The van der Waals surface area contributed by atoms with Crippen molar-refractivity contribution in [2.75, 3.05) is 26.9 Å². The number of hydrogen-bond donors (Lipinski definition) is 0. The van der Waals surface area contributed by atoms with Gasteiger partial charge in [-0.15, -0.1) is 0 Å². The minimum Gasteiger partial charge on any atom is -0.486 e. The Kier molecular flexibility index (Phi) is 5.26. The number of rotatable bonds is 5. The molecule has 4 rings (SSSR count). The van der Waals surface area contributed by atoms with E-state index in [0.29, 0.717) is 48.0 Å². The van der Waals surface area contributed by atoms with Gasteiger partial charge in [-0.3, -0.25) is 4.79 Å². The van der Waals surface area contributed by atoms with E-state index < -0.39 is 5.97 Å². The van der Waals surface area contributed by atoms with Gasteiger partial charge < -0.3 is 23.6 Å². The molecular formula is C21H21N3O6. The maximum atomic E-state index is 12.6. The van der Waals surface area contributed by atoms with Crippen LogP contribution in [0.3, 0.4) is 0 Å². The van der Waals surface area contributed by atoms with E-state index in [-0.39, 0.29) is 23.8 Å². The van der Waals surface area contributed by atoms with Crippen molar-refractivity contribution in [2.45, 2.75) is 20.4 Å². The van der Waals surface area contributed by atoms with Crippen molar-refractivity contribution >= 4 is 23.0 Å². The summed E-state index contributed by atoms with van der Waals surface area (Å²) >= 11 is 0. The zero-order valence-electron chi connectivity index (χ0n) is 16.9. The lowest BCUT2D eigenvalue weighted by Gasteiger charge is -2.21. The molecule has 1 amide bonds. The summed E-state index contributed by atoms with van der Waals surface area (Å²) in [6.45, 7) is 4.43. The van der Waals surface area contributed by atoms with Crippen LogP contribution in [-0.2, 0) is 16.1 Å². The molecule has 3 heterocycles. The Hall–Kier alpha value is -3.62. The number of nitrogens with zero attached hydrogens (tertiary/aromatic N) is 3. The number of benzene rings is 1. The fourth-order valence-corrected chi connectivity index (χ4v) is 3.24. The van der Waals surface area contributed by atoms with Crippen molar-refractivity contribution in [1.82, 2.24) is 15.0 Å². The summed E-state index contributed by atoms with van der Waals surface area (Å²) < 4.78 is 21.4. The minimum atomic E-state index is -0.627. The number of hydrogen-bond acceptors (Lipinski definition) is 8. The summed E-state index contributed by atoms with van der Waals surface area (Å²) in [6.07, 6.45) is 0. The lowest BCUT2D eigenvalue weighted by Crippen LogP contribution is -2.31. The Morgan fingerprint density at radius 3 is 2.70 bits per heavy atom. The van der Waals surface area contributed by atoms with E-state index in [1.54, 1.807) is 27.0 Å². The average Bonchev–Trinajstić information content (AvgIpc) is 3.11. The molecule has 0 fully saturated rings. The van der Waals surface area contributed by atoms with Crippen LogP contribution in [-0.4, -0.2) is 53.8 Å². The van der Waals surface area contributed by atoms with Crippen LogP contribution in [0.5, 0.6) is 11.5 Å². The van der Waals surface area contributed by atoms with Gasteiger partial charge in [0.15, 0.2) is 18.1 Å². The van der Waals surface area contributed by atoms with Crippen LogP contribution in [0.25, 0.3) is 11.1 Å². The molecule has 3 aromatic rings. The van der Waals surface area contributed by atoms with Crippen LogP contribution in [0, 0.1) is 13.8 Å². The number of amides is 1. The molecule has 156 valence electrons. The number of aryl methyl sites for hydroxylation is 2. The van der Waals surface area contributed by atoms with Crippen LogP contribution < -0.4 is 9.47 Å². The standard InChI is InChI=1S/C21H21N3O6/c1-12-8-15(19-13(2)23-30-20(19)22-12)21(26)29-11-18(25)24(3)10-14-4-5-16-17(9-14)28-7-6-27-16/h4-5,8-9H,6-7,10-11H2,1-3H3. The molecular weight excluding hydrogens is 390 g/mol. The highest BCUT2D eigenvalue weighted by molar-refractivity contribution is 6.03. The first-order valence-corrected chi connectivity index (χ1v) is 9.45. The molecule has 2 aromatic heterocycles. The van der Waals surface area contributed by atoms with Gasteiger partial charge in [0.1, 0.15) is 13.2 Å². The molecule has 0 spiro atoms. The highest BCUT2D eigenvalue weighted by Gasteiger charge is 2.21. The number of fused-ring (bicyclic) bond motifs is 2. The first-order valence-electron chi connectivity index (χ1n) is 9.45. The van der Waals surface area contributed by atoms with Gasteiger partial charge in [-0.05, 0) is 37.6 Å². The number of pyridine rings is 1. The highest BCUT2D eigenvalue weighted by Crippen LogP contribution is 2.31. The van der Waals surface area contributed by atoms with Gasteiger partial charge in [-0.1, -0.05) is 11.2 Å². The maximum absolute atomic E-state index is 12.6. The Balaban J connectivity index is 1.40. The summed E-state index contributed by atoms with van der Waals surface area (Å²) in [6, 6.07) is 7.13. The Morgan fingerprint density at radius 1 is 1.13 bits per heavy atom. The first-order chi connectivity index (χ1) is 14.4. The van der Waals surface area contributed by atoms with Crippen LogP contribution in [0.15, 0.2) is 28.8 Å². The molecule has 30 heavy (non-hydrogen) atoms. The van der Waals surface area contributed by atoms with Gasteiger partial charge in [0.05, 0.1) is 16.6 Å². The monoisotopic (exact) mass is 411 g/mol. The fraction of sp³-hybridized carbons (Fsp3) is 0.333. The number of ether oxygens (including phenoxy) is 3. The zero-order chi connectivity index (χ0) is 21.3. The van der Waals surface area contributed by atoms with Crippen molar-refractivity contribution in [3.8, 4) is 11.5 Å². The molecule has 0 unspecified atom stereocenters. The molecule has 0 saturated carbocycles. The topological polar surface area (TPSA) is 104 Å². The van der Waals surface area contributed by atoms with Crippen LogP contribution in [0.2, 0.25) is 0 Å². The maximum Gasteiger partial charge on any atom is 0.339 e. The zero-order valence-corrected chi connectivity index (χ0v) is 16.9. The number of likely N-dealkylation sites (N-methyl/N-ethyl adjacent to an activating group) is 1. The average molecular weight is 411 g/mol. The van der Waals surface area contributed by atoms with Gasteiger partial charge in [-0.25, -0.2) is 9.78 Å². The van der Waals surface area contributed by atoms with E-state index in [0.717, 1.165) is 5.56 Å². The van der Waals surface area contributed by atoms with Gasteiger partial charge in [0.25, 0.3) is 11.6 Å². The van der Waals surface area contributed by atoms with E-state index in [4.69, 9.17) is 18.7 Å². The van der Waals surface area contributed by atoms with Crippen molar-refractivity contribution in [3.63, 3.8) is 0 Å². The lowest BCUT2D eigenvalue weighted by molar-refractivity contribution is -0.133. The molecule has 0 radical (unpaired) electrons. The van der Waals surface area contributed by atoms with E-state index in [1.165, 1.54) is 4.90 Å². The van der Waals surface area contributed by atoms with E-state index in [1.807, 2.05) is 18.2 Å². The molecule has 1 aliphatic heterocycles. The van der Waals surface area contributed by atoms with Crippen molar-refractivity contribution in [2.24, 2.45) is 0 Å². The summed E-state index contributed by atoms with van der Waals surface area (Å²) in [7, 11) is 1.64. The molecule has 1 aliphatic rings. The molecule has 9 heteroatoms. The Labute approximate surface area is 172 Å². The van der Waals surface area contributed by atoms with Gasteiger partial charge in [0.2, 0.25) is 0 Å². The minimum absolute atomic E-state index is 0.265. The second kappa shape index (κ2) is 8.02. The molecule has 0 saturated heterocycles. The third-order valence-corrected chi connectivity index (χ3v) is 4.74. The SMILES string of the molecule is Cc1cc(C(=O)OCC(=O)N(C)Cc2ccc3c(c2)OCCO3)c2c(C)noc2n1. The molecule has 1 aromatic carbocycles. The summed E-state index contributed by atoms with van der Waals surface area (Å²) in [5.74, 6) is 0.392. The van der Waals surface area contributed by atoms with Crippen molar-refractivity contribution in [1.29, 1.82) is 0 Å². The summed E-state index contributed by atoms with van der Waals surface area (Å²) in [5.41, 5.74) is 2.55. The fourth-order valence-electron chi connectivity index (χ4n) is 3.24. The van der Waals surface area contributed by atoms with Gasteiger partial charge in [0, 0.05) is 19.3 Å². The van der Waals surface area contributed by atoms with Crippen LogP contribution >= 0.6 is 0 Å². The molecule has 9 nitrogen and oxygen atoms in total. The molecule has 0 atom stereocenters. The predicted molar refractivity (Wildman–Crippen MR) is 105 cm³/mol. The van der Waals surface area contributed by atoms with Crippen LogP contribution in [0.4, 0.5) is 0 Å². The van der Waals surface area contributed by atoms with Crippen LogP contribution in [0.1, 0.15) is 27.3 Å². The molecule has 0 aliphatic carbocycles. The Morgan fingerprint density at radius 2 is 1.90 bits per heavy atom. The first kappa shape index (κ1) is 19.7.